The molecule has 0 saturated carbocycles. The van der Waals surface area contributed by atoms with Crippen LogP contribution >= 0.6 is 34.2 Å². The second-order valence-electron chi connectivity index (χ2n) is 3.64. The van der Waals surface area contributed by atoms with E-state index in [0.29, 0.717) is 10.7 Å². The monoisotopic (exact) mass is 339 g/mol. The maximum absolute atomic E-state index is 11.5. The van der Waals surface area contributed by atoms with Gasteiger partial charge in [-0.25, -0.2) is 0 Å². The van der Waals surface area contributed by atoms with Gasteiger partial charge in [0, 0.05) is 8.59 Å². The van der Waals surface area contributed by atoms with Crippen molar-refractivity contribution in [1.29, 1.82) is 0 Å². The summed E-state index contributed by atoms with van der Waals surface area (Å²) in [5, 5.41) is 12.7. The fourth-order valence-corrected chi connectivity index (χ4v) is 1.87. The second-order valence-corrected chi connectivity index (χ2v) is 5.24. The lowest BCUT2D eigenvalue weighted by Crippen LogP contribution is -2.36. The summed E-state index contributed by atoms with van der Waals surface area (Å²) in [5.74, 6) is -0.442. The van der Waals surface area contributed by atoms with Crippen LogP contribution in [0.25, 0.3) is 0 Å². The highest BCUT2D eigenvalue weighted by Gasteiger charge is 2.24. The van der Waals surface area contributed by atoms with E-state index in [0.717, 1.165) is 3.57 Å². The van der Waals surface area contributed by atoms with E-state index in [9.17, 15) is 9.90 Å². The van der Waals surface area contributed by atoms with Gasteiger partial charge >= 0.3 is 0 Å². The Hall–Kier alpha value is -0.330. The summed E-state index contributed by atoms with van der Waals surface area (Å²) in [4.78, 5) is 11.5. The zero-order chi connectivity index (χ0) is 11.6. The van der Waals surface area contributed by atoms with Crippen LogP contribution in [0.5, 0.6) is 0 Å². The minimum atomic E-state index is -1.39. The largest absolute Gasteiger partial charge is 0.381 e. The van der Waals surface area contributed by atoms with E-state index in [-0.39, 0.29) is 0 Å². The summed E-state index contributed by atoms with van der Waals surface area (Å²) >= 11 is 7.84. The number of carbonyl (C=O) groups is 1. The number of hydrogen-bond acceptors (Lipinski definition) is 2. The number of hydrogen-bond donors (Lipinski definition) is 2. The van der Waals surface area contributed by atoms with E-state index in [1.54, 1.807) is 18.2 Å². The molecule has 0 atom stereocenters. The van der Waals surface area contributed by atoms with Crippen molar-refractivity contribution in [2.24, 2.45) is 0 Å². The van der Waals surface area contributed by atoms with Gasteiger partial charge < -0.3 is 10.4 Å². The standard InChI is InChI=1S/C10H11ClINO2/c1-10(2,15)9(14)13-8-4-3-6(11)5-7(8)12/h3-5,15H,1-2H3,(H,13,14). The normalized spacial score (nSPS) is 11.3. The Morgan fingerprint density at radius 3 is 2.60 bits per heavy atom. The molecule has 0 radical (unpaired) electrons. The number of halogens is 2. The van der Waals surface area contributed by atoms with Crippen LogP contribution in [0.1, 0.15) is 13.8 Å². The van der Waals surface area contributed by atoms with Crippen molar-refractivity contribution in [3.05, 3.63) is 26.8 Å². The third-order valence-electron chi connectivity index (χ3n) is 1.74. The fourth-order valence-electron chi connectivity index (χ4n) is 0.866. The van der Waals surface area contributed by atoms with E-state index in [4.69, 9.17) is 11.6 Å². The summed E-state index contributed by atoms with van der Waals surface area (Å²) in [6.07, 6.45) is 0. The van der Waals surface area contributed by atoms with E-state index in [1.165, 1.54) is 13.8 Å². The SMILES string of the molecule is CC(C)(O)C(=O)Nc1ccc(Cl)cc1I. The molecule has 15 heavy (non-hydrogen) atoms. The van der Waals surface area contributed by atoms with Gasteiger partial charge in [0.1, 0.15) is 5.60 Å². The van der Waals surface area contributed by atoms with Crippen molar-refractivity contribution >= 4 is 45.8 Å². The Morgan fingerprint density at radius 2 is 2.13 bits per heavy atom. The molecule has 2 N–H and O–H groups in total. The molecule has 1 rings (SSSR count). The minimum Gasteiger partial charge on any atom is -0.381 e. The van der Waals surface area contributed by atoms with E-state index in [1.807, 2.05) is 0 Å². The van der Waals surface area contributed by atoms with Crippen molar-refractivity contribution < 1.29 is 9.90 Å². The summed E-state index contributed by atoms with van der Waals surface area (Å²) in [7, 11) is 0. The number of anilines is 1. The van der Waals surface area contributed by atoms with Gasteiger partial charge in [-0.2, -0.15) is 0 Å². The van der Waals surface area contributed by atoms with Crippen LogP contribution in [-0.4, -0.2) is 16.6 Å². The first-order valence-corrected chi connectivity index (χ1v) is 5.75. The molecule has 0 aliphatic heterocycles. The van der Waals surface area contributed by atoms with Gasteiger partial charge in [-0.1, -0.05) is 11.6 Å². The molecular weight excluding hydrogens is 328 g/mol. The maximum atomic E-state index is 11.5. The molecule has 0 heterocycles. The molecule has 0 aliphatic carbocycles. The smallest absolute Gasteiger partial charge is 0.255 e. The fraction of sp³-hybridized carbons (Fsp3) is 0.300. The molecule has 0 bridgehead atoms. The number of amides is 1. The maximum Gasteiger partial charge on any atom is 0.255 e. The van der Waals surface area contributed by atoms with E-state index in [2.05, 4.69) is 27.9 Å². The summed E-state index contributed by atoms with van der Waals surface area (Å²) in [5.41, 5.74) is -0.741. The predicted octanol–water partition coefficient (Wildman–Crippen LogP) is 2.65. The Kier molecular flexibility index (Phi) is 3.97. The lowest BCUT2D eigenvalue weighted by Gasteiger charge is -2.17. The highest BCUT2D eigenvalue weighted by Crippen LogP contribution is 2.23. The van der Waals surface area contributed by atoms with Crippen LogP contribution in [0, 0.1) is 3.57 Å². The Morgan fingerprint density at radius 1 is 1.53 bits per heavy atom. The highest BCUT2D eigenvalue weighted by atomic mass is 127. The molecule has 0 fully saturated rings. The molecule has 3 nitrogen and oxygen atoms in total. The van der Waals surface area contributed by atoms with Crippen molar-refractivity contribution in [1.82, 2.24) is 0 Å². The first kappa shape index (κ1) is 12.7. The van der Waals surface area contributed by atoms with Crippen molar-refractivity contribution in [3.63, 3.8) is 0 Å². The quantitative estimate of drug-likeness (QED) is 0.814. The first-order chi connectivity index (χ1) is 6.80. The predicted molar refractivity (Wildman–Crippen MR) is 69.1 cm³/mol. The molecule has 1 aromatic rings. The number of aliphatic hydroxyl groups is 1. The zero-order valence-corrected chi connectivity index (χ0v) is 11.3. The minimum absolute atomic E-state index is 0.442. The average molecular weight is 340 g/mol. The molecule has 1 amide bonds. The van der Waals surface area contributed by atoms with Crippen molar-refractivity contribution in [2.45, 2.75) is 19.4 Å². The van der Waals surface area contributed by atoms with Gasteiger partial charge in [0.05, 0.1) is 5.69 Å². The van der Waals surface area contributed by atoms with Crippen molar-refractivity contribution in [3.8, 4) is 0 Å². The molecule has 5 heteroatoms. The Bertz CT molecular complexity index is 387. The molecule has 0 saturated heterocycles. The zero-order valence-electron chi connectivity index (χ0n) is 8.34. The molecule has 0 unspecified atom stereocenters. The molecule has 0 aliphatic rings. The van der Waals surface area contributed by atoms with Crippen LogP contribution in [0.2, 0.25) is 5.02 Å². The molecule has 0 aromatic heterocycles. The molecule has 1 aromatic carbocycles. The summed E-state index contributed by atoms with van der Waals surface area (Å²) in [6.45, 7) is 2.87. The van der Waals surface area contributed by atoms with Gasteiger partial charge in [-0.05, 0) is 54.6 Å². The van der Waals surface area contributed by atoms with Crippen LogP contribution in [-0.2, 0) is 4.79 Å². The number of carbonyl (C=O) groups excluding carboxylic acids is 1. The van der Waals surface area contributed by atoms with Crippen molar-refractivity contribution in [2.75, 3.05) is 5.32 Å². The van der Waals surface area contributed by atoms with Crippen LogP contribution in [0.4, 0.5) is 5.69 Å². The lowest BCUT2D eigenvalue weighted by atomic mass is 10.1. The van der Waals surface area contributed by atoms with Crippen LogP contribution in [0.3, 0.4) is 0 Å². The van der Waals surface area contributed by atoms with Gasteiger partial charge in [0.15, 0.2) is 0 Å². The van der Waals surface area contributed by atoms with Gasteiger partial charge in [-0.15, -0.1) is 0 Å². The third kappa shape index (κ3) is 3.62. The first-order valence-electron chi connectivity index (χ1n) is 4.29. The van der Waals surface area contributed by atoms with Gasteiger partial charge in [0.2, 0.25) is 0 Å². The second kappa shape index (κ2) is 4.67. The van der Waals surface area contributed by atoms with Crippen LogP contribution in [0.15, 0.2) is 18.2 Å². The third-order valence-corrected chi connectivity index (χ3v) is 2.86. The number of benzene rings is 1. The lowest BCUT2D eigenvalue weighted by molar-refractivity contribution is -0.130. The molecule has 82 valence electrons. The Labute approximate surface area is 107 Å². The summed E-state index contributed by atoms with van der Waals surface area (Å²) < 4.78 is 0.831. The molecule has 0 spiro atoms. The van der Waals surface area contributed by atoms with E-state index < -0.39 is 11.5 Å². The Balaban J connectivity index is 2.87. The summed E-state index contributed by atoms with van der Waals surface area (Å²) in [6, 6.07) is 5.12. The topological polar surface area (TPSA) is 49.3 Å². The molecular formula is C10H11ClINO2. The van der Waals surface area contributed by atoms with E-state index >= 15 is 0 Å². The number of nitrogens with one attached hydrogen (secondary N) is 1. The van der Waals surface area contributed by atoms with Gasteiger partial charge in [0.25, 0.3) is 5.91 Å². The van der Waals surface area contributed by atoms with Crippen LogP contribution < -0.4 is 5.32 Å². The number of rotatable bonds is 2. The van der Waals surface area contributed by atoms with Gasteiger partial charge in [-0.3, -0.25) is 4.79 Å². The highest BCUT2D eigenvalue weighted by molar-refractivity contribution is 14.1. The average Bonchev–Trinajstić information content (AvgIpc) is 2.08.